The van der Waals surface area contributed by atoms with Crippen molar-refractivity contribution in [3.8, 4) is 0 Å². The summed E-state index contributed by atoms with van der Waals surface area (Å²) in [7, 11) is 2.03. The molecule has 7 nitrogen and oxygen atoms in total. The lowest BCUT2D eigenvalue weighted by Crippen LogP contribution is -2.29. The predicted octanol–water partition coefficient (Wildman–Crippen LogP) is 2.28. The molecule has 7 heteroatoms. The number of H-pyrrole nitrogens is 1. The van der Waals surface area contributed by atoms with Gasteiger partial charge in [-0.25, -0.2) is 0 Å². The molecule has 1 amide bonds. The van der Waals surface area contributed by atoms with Gasteiger partial charge in [0, 0.05) is 30.6 Å². The molecule has 0 saturated carbocycles. The van der Waals surface area contributed by atoms with Crippen LogP contribution in [0.4, 0.5) is 0 Å². The standard InChI is InChI=1S/C17H22N6O/c1-3-6-14(17-19-21-22-20-17)18-16(24)10-9-12-11-23(2)15-8-5-4-7-13(12)15/h4-5,7-8,11,14H,3,6,9-10H2,1-2H3,(H,18,24)(H,19,20,21,22)/t14-/m0/s1. The summed E-state index contributed by atoms with van der Waals surface area (Å²) < 4.78 is 2.10. The summed E-state index contributed by atoms with van der Waals surface area (Å²) in [6.07, 6.45) is 4.97. The van der Waals surface area contributed by atoms with E-state index in [1.54, 1.807) is 0 Å². The molecule has 2 heterocycles. The summed E-state index contributed by atoms with van der Waals surface area (Å²) in [4.78, 5) is 12.3. The van der Waals surface area contributed by atoms with Crippen molar-refractivity contribution in [2.24, 2.45) is 7.05 Å². The Morgan fingerprint density at radius 3 is 2.96 bits per heavy atom. The number of amides is 1. The van der Waals surface area contributed by atoms with Crippen molar-refractivity contribution in [2.75, 3.05) is 0 Å². The van der Waals surface area contributed by atoms with Crippen molar-refractivity contribution in [2.45, 2.75) is 38.6 Å². The Kier molecular flexibility index (Phi) is 4.88. The van der Waals surface area contributed by atoms with E-state index in [9.17, 15) is 4.79 Å². The molecule has 126 valence electrons. The number of carbonyl (C=O) groups is 1. The molecule has 24 heavy (non-hydrogen) atoms. The van der Waals surface area contributed by atoms with Gasteiger partial charge in [-0.1, -0.05) is 36.8 Å². The van der Waals surface area contributed by atoms with E-state index in [1.807, 2.05) is 19.2 Å². The molecule has 0 aliphatic rings. The van der Waals surface area contributed by atoms with Crippen LogP contribution < -0.4 is 5.32 Å². The first-order valence-electron chi connectivity index (χ1n) is 8.24. The van der Waals surface area contributed by atoms with E-state index in [2.05, 4.69) is 55.8 Å². The third-order valence-corrected chi connectivity index (χ3v) is 4.19. The number of aromatic nitrogens is 5. The monoisotopic (exact) mass is 326 g/mol. The number of carbonyl (C=O) groups excluding carboxylic acids is 1. The number of benzene rings is 1. The van der Waals surface area contributed by atoms with Gasteiger partial charge >= 0.3 is 0 Å². The van der Waals surface area contributed by atoms with Crippen LogP contribution in [0.5, 0.6) is 0 Å². The number of rotatable bonds is 7. The highest BCUT2D eigenvalue weighted by Gasteiger charge is 2.18. The van der Waals surface area contributed by atoms with E-state index in [0.29, 0.717) is 18.7 Å². The van der Waals surface area contributed by atoms with E-state index in [1.165, 1.54) is 16.5 Å². The number of aromatic amines is 1. The third kappa shape index (κ3) is 3.45. The summed E-state index contributed by atoms with van der Waals surface area (Å²) >= 11 is 0. The van der Waals surface area contributed by atoms with E-state index >= 15 is 0 Å². The Bertz CT molecular complexity index is 808. The van der Waals surface area contributed by atoms with Gasteiger partial charge in [0.1, 0.15) is 0 Å². The van der Waals surface area contributed by atoms with Crippen LogP contribution in [0.25, 0.3) is 10.9 Å². The number of fused-ring (bicyclic) bond motifs is 1. The maximum Gasteiger partial charge on any atom is 0.220 e. The molecule has 3 rings (SSSR count). The molecule has 0 spiro atoms. The highest BCUT2D eigenvalue weighted by atomic mass is 16.1. The summed E-state index contributed by atoms with van der Waals surface area (Å²) in [6.45, 7) is 2.06. The van der Waals surface area contributed by atoms with Gasteiger partial charge in [-0.2, -0.15) is 5.21 Å². The summed E-state index contributed by atoms with van der Waals surface area (Å²) in [5, 5.41) is 18.2. The zero-order chi connectivity index (χ0) is 16.9. The van der Waals surface area contributed by atoms with Crippen LogP contribution in [0.15, 0.2) is 30.5 Å². The molecule has 0 aliphatic carbocycles. The number of hydrogen-bond donors (Lipinski definition) is 2. The van der Waals surface area contributed by atoms with Gasteiger partial charge in [0.25, 0.3) is 0 Å². The van der Waals surface area contributed by atoms with Crippen LogP contribution in [0.3, 0.4) is 0 Å². The van der Waals surface area contributed by atoms with Crippen molar-refractivity contribution in [1.82, 2.24) is 30.5 Å². The fourth-order valence-electron chi connectivity index (χ4n) is 3.01. The third-order valence-electron chi connectivity index (χ3n) is 4.19. The number of nitrogens with zero attached hydrogens (tertiary/aromatic N) is 4. The lowest BCUT2D eigenvalue weighted by atomic mass is 10.1. The first-order chi connectivity index (χ1) is 11.7. The van der Waals surface area contributed by atoms with Crippen LogP contribution in [0.1, 0.15) is 43.6 Å². The van der Waals surface area contributed by atoms with E-state index < -0.39 is 0 Å². The zero-order valence-corrected chi connectivity index (χ0v) is 14.0. The minimum absolute atomic E-state index is 0.00573. The van der Waals surface area contributed by atoms with Crippen molar-refractivity contribution in [3.63, 3.8) is 0 Å². The molecule has 0 bridgehead atoms. The van der Waals surface area contributed by atoms with Gasteiger partial charge in [0.15, 0.2) is 5.82 Å². The van der Waals surface area contributed by atoms with Crippen LogP contribution in [0.2, 0.25) is 0 Å². The highest BCUT2D eigenvalue weighted by Crippen LogP contribution is 2.21. The van der Waals surface area contributed by atoms with Gasteiger partial charge < -0.3 is 9.88 Å². The minimum atomic E-state index is -0.186. The smallest absolute Gasteiger partial charge is 0.220 e. The molecule has 2 N–H and O–H groups in total. The first-order valence-corrected chi connectivity index (χ1v) is 8.24. The molecule has 1 aromatic carbocycles. The molecule has 0 saturated heterocycles. The van der Waals surface area contributed by atoms with E-state index in [-0.39, 0.29) is 11.9 Å². The number of tetrazole rings is 1. The fourth-order valence-corrected chi connectivity index (χ4v) is 3.01. The van der Waals surface area contributed by atoms with Gasteiger partial charge in [-0.15, -0.1) is 10.2 Å². The van der Waals surface area contributed by atoms with Crippen LogP contribution in [-0.4, -0.2) is 31.1 Å². The zero-order valence-electron chi connectivity index (χ0n) is 14.0. The SMILES string of the molecule is CCC[C@H](NC(=O)CCc1cn(C)c2ccccc12)c1nn[nH]n1. The molecule has 0 radical (unpaired) electrons. The Morgan fingerprint density at radius 2 is 2.21 bits per heavy atom. The second kappa shape index (κ2) is 7.25. The summed E-state index contributed by atoms with van der Waals surface area (Å²) in [5.74, 6) is 0.543. The number of hydrogen-bond acceptors (Lipinski definition) is 4. The quantitative estimate of drug-likeness (QED) is 0.697. The van der Waals surface area contributed by atoms with Crippen LogP contribution in [-0.2, 0) is 18.3 Å². The summed E-state index contributed by atoms with van der Waals surface area (Å²) in [6, 6.07) is 8.06. The van der Waals surface area contributed by atoms with Crippen molar-refractivity contribution >= 4 is 16.8 Å². The fraction of sp³-hybridized carbons (Fsp3) is 0.412. The van der Waals surface area contributed by atoms with Gasteiger partial charge in [-0.05, 0) is 24.5 Å². The van der Waals surface area contributed by atoms with Crippen molar-refractivity contribution < 1.29 is 4.79 Å². The number of aryl methyl sites for hydroxylation is 2. The highest BCUT2D eigenvalue weighted by molar-refractivity contribution is 5.85. The maximum atomic E-state index is 12.3. The molecule has 3 aromatic rings. The molecule has 0 unspecified atom stereocenters. The molecule has 1 atom stereocenters. The minimum Gasteiger partial charge on any atom is -0.350 e. The molecular weight excluding hydrogens is 304 g/mol. The average molecular weight is 326 g/mol. The predicted molar refractivity (Wildman–Crippen MR) is 91.2 cm³/mol. The van der Waals surface area contributed by atoms with Crippen molar-refractivity contribution in [3.05, 3.63) is 41.9 Å². The number of nitrogens with one attached hydrogen (secondary N) is 2. The molecule has 0 aliphatic heterocycles. The average Bonchev–Trinajstić information content (AvgIpc) is 3.22. The van der Waals surface area contributed by atoms with E-state index in [4.69, 9.17) is 0 Å². The molecule has 2 aromatic heterocycles. The molecule has 0 fully saturated rings. The van der Waals surface area contributed by atoms with Crippen molar-refractivity contribution in [1.29, 1.82) is 0 Å². The normalized spacial score (nSPS) is 12.4. The number of para-hydroxylation sites is 1. The second-order valence-corrected chi connectivity index (χ2v) is 5.96. The lowest BCUT2D eigenvalue weighted by Gasteiger charge is -2.14. The van der Waals surface area contributed by atoms with Crippen LogP contribution >= 0.6 is 0 Å². The summed E-state index contributed by atoms with van der Waals surface area (Å²) in [5.41, 5.74) is 2.37. The topological polar surface area (TPSA) is 88.5 Å². The second-order valence-electron chi connectivity index (χ2n) is 5.96. The molecular formula is C17H22N6O. The largest absolute Gasteiger partial charge is 0.350 e. The first kappa shape index (κ1) is 16.2. The van der Waals surface area contributed by atoms with Gasteiger partial charge in [0.05, 0.1) is 6.04 Å². The Balaban J connectivity index is 1.64. The Morgan fingerprint density at radius 1 is 1.38 bits per heavy atom. The van der Waals surface area contributed by atoms with Gasteiger partial charge in [0.2, 0.25) is 5.91 Å². The Hall–Kier alpha value is -2.70. The lowest BCUT2D eigenvalue weighted by molar-refractivity contribution is -0.121. The maximum absolute atomic E-state index is 12.3. The van der Waals surface area contributed by atoms with Gasteiger partial charge in [-0.3, -0.25) is 4.79 Å². The van der Waals surface area contributed by atoms with E-state index in [0.717, 1.165) is 12.8 Å². The van der Waals surface area contributed by atoms with Crippen LogP contribution in [0, 0.1) is 0 Å². The Labute approximate surface area is 140 Å².